The number of hydrogen-bond donors (Lipinski definition) is 1. The van der Waals surface area contributed by atoms with Crippen molar-refractivity contribution in [1.82, 2.24) is 10.1 Å². The van der Waals surface area contributed by atoms with Crippen molar-refractivity contribution in [2.75, 3.05) is 0 Å². The van der Waals surface area contributed by atoms with Crippen LogP contribution in [0.15, 0.2) is 4.52 Å². The molecule has 4 heteroatoms. The summed E-state index contributed by atoms with van der Waals surface area (Å²) in [6.45, 7) is 0. The number of hydrogen-bond acceptors (Lipinski definition) is 4. The topological polar surface area (TPSA) is 64.9 Å². The summed E-state index contributed by atoms with van der Waals surface area (Å²) >= 11 is 0. The molecule has 2 N–H and O–H groups in total. The summed E-state index contributed by atoms with van der Waals surface area (Å²) < 4.78 is 5.42. The molecule has 106 valence electrons. The smallest absolute Gasteiger partial charge is 0.228 e. The fourth-order valence-electron chi connectivity index (χ4n) is 3.33. The summed E-state index contributed by atoms with van der Waals surface area (Å²) in [4.78, 5) is 4.62. The third-order valence-corrected chi connectivity index (χ3v) is 4.81. The molecule has 4 nitrogen and oxygen atoms in total. The second-order valence-electron chi connectivity index (χ2n) is 6.48. The minimum Gasteiger partial charge on any atom is -0.339 e. The molecule has 0 aromatic carbocycles. The standard InChI is InChI=1S/C15H25N3O/c16-15(9-6-10-15)11-13-17-14(18-19-13)12-7-4-2-1-3-5-8-12/h12H,1-11,16H2. The molecule has 0 amide bonds. The van der Waals surface area contributed by atoms with E-state index in [-0.39, 0.29) is 5.54 Å². The molecule has 0 spiro atoms. The van der Waals surface area contributed by atoms with Crippen LogP contribution in [0.5, 0.6) is 0 Å². The van der Waals surface area contributed by atoms with E-state index in [0.717, 1.165) is 31.0 Å². The fourth-order valence-corrected chi connectivity index (χ4v) is 3.33. The highest BCUT2D eigenvalue weighted by Crippen LogP contribution is 2.33. The van der Waals surface area contributed by atoms with Crippen LogP contribution in [0.2, 0.25) is 0 Å². The molecule has 1 aromatic rings. The Balaban J connectivity index is 1.62. The fraction of sp³-hybridized carbons (Fsp3) is 0.867. The van der Waals surface area contributed by atoms with Gasteiger partial charge in [0.1, 0.15) is 0 Å². The summed E-state index contributed by atoms with van der Waals surface area (Å²) in [6, 6.07) is 0. The van der Waals surface area contributed by atoms with Gasteiger partial charge in [0.25, 0.3) is 0 Å². The Morgan fingerprint density at radius 2 is 1.74 bits per heavy atom. The predicted molar refractivity (Wildman–Crippen MR) is 73.8 cm³/mol. The van der Waals surface area contributed by atoms with Crippen LogP contribution in [0.1, 0.15) is 81.8 Å². The third kappa shape index (κ3) is 3.16. The number of rotatable bonds is 3. The van der Waals surface area contributed by atoms with Crippen LogP contribution in [0.4, 0.5) is 0 Å². The van der Waals surface area contributed by atoms with Crippen molar-refractivity contribution >= 4 is 0 Å². The minimum absolute atomic E-state index is 0.0647. The van der Waals surface area contributed by atoms with E-state index in [2.05, 4.69) is 10.1 Å². The zero-order chi connectivity index (χ0) is 13.1. The molecule has 2 saturated carbocycles. The van der Waals surface area contributed by atoms with Crippen molar-refractivity contribution in [2.24, 2.45) is 5.73 Å². The van der Waals surface area contributed by atoms with Crippen molar-refractivity contribution in [3.63, 3.8) is 0 Å². The van der Waals surface area contributed by atoms with Crippen molar-refractivity contribution in [3.8, 4) is 0 Å². The van der Waals surface area contributed by atoms with Gasteiger partial charge in [-0.15, -0.1) is 0 Å². The van der Waals surface area contributed by atoms with Crippen LogP contribution >= 0.6 is 0 Å². The van der Waals surface area contributed by atoms with Crippen molar-refractivity contribution in [3.05, 3.63) is 11.7 Å². The second kappa shape index (κ2) is 5.61. The molecule has 0 saturated heterocycles. The summed E-state index contributed by atoms with van der Waals surface area (Å²) in [5, 5.41) is 4.21. The summed E-state index contributed by atoms with van der Waals surface area (Å²) in [5.74, 6) is 2.19. The highest BCUT2D eigenvalue weighted by atomic mass is 16.5. The van der Waals surface area contributed by atoms with Gasteiger partial charge in [0, 0.05) is 17.9 Å². The largest absolute Gasteiger partial charge is 0.339 e. The van der Waals surface area contributed by atoms with E-state index in [1.165, 1.54) is 51.4 Å². The molecule has 0 bridgehead atoms. The maximum absolute atomic E-state index is 6.24. The number of nitrogens with zero attached hydrogens (tertiary/aromatic N) is 2. The Bertz CT molecular complexity index is 403. The Labute approximate surface area is 115 Å². The monoisotopic (exact) mass is 263 g/mol. The number of nitrogens with two attached hydrogens (primary N) is 1. The van der Waals surface area contributed by atoms with E-state index in [0.29, 0.717) is 5.92 Å². The normalized spacial score (nSPS) is 24.5. The maximum atomic E-state index is 6.24. The number of aromatic nitrogens is 2. The molecule has 1 heterocycles. The Kier molecular flexibility index (Phi) is 3.87. The Hall–Kier alpha value is -0.900. The lowest BCUT2D eigenvalue weighted by molar-refractivity contribution is 0.221. The molecule has 3 rings (SSSR count). The molecule has 0 unspecified atom stereocenters. The predicted octanol–water partition coefficient (Wildman–Crippen LogP) is 3.32. The van der Waals surface area contributed by atoms with Gasteiger partial charge in [-0.3, -0.25) is 0 Å². The van der Waals surface area contributed by atoms with E-state index in [4.69, 9.17) is 10.3 Å². The van der Waals surface area contributed by atoms with E-state index < -0.39 is 0 Å². The lowest BCUT2D eigenvalue weighted by Crippen LogP contribution is -2.48. The first-order valence-electron chi connectivity index (χ1n) is 7.87. The summed E-state index contributed by atoms with van der Waals surface area (Å²) in [5.41, 5.74) is 6.18. The molecular weight excluding hydrogens is 238 g/mol. The zero-order valence-electron chi connectivity index (χ0n) is 11.7. The van der Waals surface area contributed by atoms with Gasteiger partial charge in [0.15, 0.2) is 5.82 Å². The highest BCUT2D eigenvalue weighted by molar-refractivity contribution is 5.03. The lowest BCUT2D eigenvalue weighted by atomic mass is 9.75. The third-order valence-electron chi connectivity index (χ3n) is 4.81. The molecule has 1 aromatic heterocycles. The molecule has 2 fully saturated rings. The molecule has 0 aliphatic heterocycles. The molecule has 0 radical (unpaired) electrons. The van der Waals surface area contributed by atoms with Gasteiger partial charge in [0.2, 0.25) is 5.89 Å². The molecule has 0 atom stereocenters. The Morgan fingerprint density at radius 3 is 2.37 bits per heavy atom. The molecular formula is C15H25N3O. The van der Waals surface area contributed by atoms with Gasteiger partial charge in [-0.25, -0.2) is 0 Å². The van der Waals surface area contributed by atoms with Gasteiger partial charge < -0.3 is 10.3 Å². The van der Waals surface area contributed by atoms with Gasteiger partial charge >= 0.3 is 0 Å². The first kappa shape index (κ1) is 13.1. The van der Waals surface area contributed by atoms with Crippen LogP contribution in [0, 0.1) is 0 Å². The Morgan fingerprint density at radius 1 is 1.05 bits per heavy atom. The first-order chi connectivity index (χ1) is 9.25. The molecule has 2 aliphatic rings. The van der Waals surface area contributed by atoms with Crippen LogP contribution < -0.4 is 5.73 Å². The average molecular weight is 263 g/mol. The van der Waals surface area contributed by atoms with Gasteiger partial charge in [-0.2, -0.15) is 4.98 Å². The summed E-state index contributed by atoms with van der Waals surface area (Å²) in [6.07, 6.45) is 13.3. The van der Waals surface area contributed by atoms with Gasteiger partial charge in [-0.1, -0.05) is 37.3 Å². The maximum Gasteiger partial charge on any atom is 0.228 e. The van der Waals surface area contributed by atoms with Crippen LogP contribution in [-0.4, -0.2) is 15.7 Å². The van der Waals surface area contributed by atoms with Crippen molar-refractivity contribution in [2.45, 2.75) is 82.1 Å². The zero-order valence-corrected chi connectivity index (χ0v) is 11.7. The molecule has 19 heavy (non-hydrogen) atoms. The van der Waals surface area contributed by atoms with Gasteiger partial charge in [0.05, 0.1) is 0 Å². The quantitative estimate of drug-likeness (QED) is 0.908. The first-order valence-corrected chi connectivity index (χ1v) is 7.87. The van der Waals surface area contributed by atoms with Crippen LogP contribution in [0.25, 0.3) is 0 Å². The van der Waals surface area contributed by atoms with E-state index >= 15 is 0 Å². The van der Waals surface area contributed by atoms with Gasteiger partial charge in [-0.05, 0) is 32.1 Å². The van der Waals surface area contributed by atoms with Crippen LogP contribution in [-0.2, 0) is 6.42 Å². The second-order valence-corrected chi connectivity index (χ2v) is 6.48. The van der Waals surface area contributed by atoms with Crippen molar-refractivity contribution < 1.29 is 4.52 Å². The summed E-state index contributed by atoms with van der Waals surface area (Å²) in [7, 11) is 0. The average Bonchev–Trinajstić information content (AvgIpc) is 2.75. The SMILES string of the molecule is NC1(Cc2nc(C3CCCCCCC3)no2)CCC1. The lowest BCUT2D eigenvalue weighted by Gasteiger charge is -2.36. The van der Waals surface area contributed by atoms with E-state index in [1.807, 2.05) is 0 Å². The van der Waals surface area contributed by atoms with E-state index in [1.54, 1.807) is 0 Å². The van der Waals surface area contributed by atoms with Crippen molar-refractivity contribution in [1.29, 1.82) is 0 Å². The highest BCUT2D eigenvalue weighted by Gasteiger charge is 2.34. The van der Waals surface area contributed by atoms with E-state index in [9.17, 15) is 0 Å². The van der Waals surface area contributed by atoms with Crippen LogP contribution in [0.3, 0.4) is 0 Å². The molecule has 2 aliphatic carbocycles. The minimum atomic E-state index is -0.0647.